The molecule has 2 N–H and O–H groups in total. The molecule has 0 amide bonds. The van der Waals surface area contributed by atoms with Crippen molar-refractivity contribution in [2.24, 2.45) is 0 Å². The lowest BCUT2D eigenvalue weighted by Gasteiger charge is -2.09. The minimum Gasteiger partial charge on any atom is -0.400 e. The zero-order valence-corrected chi connectivity index (χ0v) is 14.4. The van der Waals surface area contributed by atoms with Gasteiger partial charge in [0.2, 0.25) is 0 Å². The standard InChI is InChI=1S/C20H14O.2CH4O/c21-19-12-6-11-17-15-9-4-5-10-16(15)18(20(17)19)13-14-7-2-1-3-8-14;2*1-2/h1-11,13H,12H2;2*2H,1H3. The van der Waals surface area contributed by atoms with Crippen molar-refractivity contribution < 1.29 is 15.0 Å². The lowest BCUT2D eigenvalue weighted by molar-refractivity contribution is -0.114. The summed E-state index contributed by atoms with van der Waals surface area (Å²) in [7, 11) is 2.00. The first-order valence-electron chi connectivity index (χ1n) is 8.05. The third-order valence-corrected chi connectivity index (χ3v) is 4.02. The van der Waals surface area contributed by atoms with Gasteiger partial charge in [0.15, 0.2) is 5.78 Å². The number of ketones is 1. The number of carbonyl (C=O) groups excluding carboxylic acids is 1. The topological polar surface area (TPSA) is 57.5 Å². The molecule has 2 aromatic rings. The maximum atomic E-state index is 12.4. The quantitative estimate of drug-likeness (QED) is 0.835. The van der Waals surface area contributed by atoms with E-state index in [9.17, 15) is 4.79 Å². The smallest absolute Gasteiger partial charge is 0.167 e. The van der Waals surface area contributed by atoms with Crippen LogP contribution in [0, 0.1) is 0 Å². The van der Waals surface area contributed by atoms with Crippen LogP contribution in [0.1, 0.15) is 23.1 Å². The molecule has 3 heteroatoms. The summed E-state index contributed by atoms with van der Waals surface area (Å²) in [4.78, 5) is 12.4. The van der Waals surface area contributed by atoms with E-state index in [2.05, 4.69) is 36.4 Å². The lowest BCUT2D eigenvalue weighted by Crippen LogP contribution is -2.04. The molecule has 0 fully saturated rings. The zero-order chi connectivity index (χ0) is 18.2. The number of benzene rings is 2. The van der Waals surface area contributed by atoms with Crippen LogP contribution in [-0.4, -0.2) is 30.2 Å². The number of Topliss-reactive ketones (excluding diaryl/α,β-unsaturated/α-hetero) is 1. The second-order valence-corrected chi connectivity index (χ2v) is 5.33. The van der Waals surface area contributed by atoms with Gasteiger partial charge in [0.1, 0.15) is 0 Å². The van der Waals surface area contributed by atoms with Crippen molar-refractivity contribution in [1.29, 1.82) is 0 Å². The van der Waals surface area contributed by atoms with Crippen molar-refractivity contribution in [1.82, 2.24) is 0 Å². The van der Waals surface area contributed by atoms with E-state index in [0.29, 0.717) is 6.42 Å². The normalized spacial score (nSPS) is 15.7. The Balaban J connectivity index is 0.000000528. The third-order valence-electron chi connectivity index (χ3n) is 4.02. The summed E-state index contributed by atoms with van der Waals surface area (Å²) in [6.45, 7) is 0. The second-order valence-electron chi connectivity index (χ2n) is 5.33. The fraction of sp³-hybridized carbons (Fsp3) is 0.136. The number of allylic oxidation sites excluding steroid dienone is 5. The predicted octanol–water partition coefficient (Wildman–Crippen LogP) is 3.74. The first-order chi connectivity index (χ1) is 12.3. The molecule has 0 bridgehead atoms. The lowest BCUT2D eigenvalue weighted by atomic mass is 9.93. The van der Waals surface area contributed by atoms with E-state index in [0.717, 1.165) is 42.1 Å². The van der Waals surface area contributed by atoms with Crippen LogP contribution >= 0.6 is 0 Å². The summed E-state index contributed by atoms with van der Waals surface area (Å²) < 4.78 is 0. The summed E-state index contributed by atoms with van der Waals surface area (Å²) in [6.07, 6.45) is 6.67. The first-order valence-corrected chi connectivity index (χ1v) is 8.05. The van der Waals surface area contributed by atoms with Crippen molar-refractivity contribution in [3.05, 3.63) is 89.0 Å². The Hall–Kier alpha value is -2.75. The van der Waals surface area contributed by atoms with Crippen molar-refractivity contribution in [2.45, 2.75) is 6.42 Å². The maximum Gasteiger partial charge on any atom is 0.167 e. The van der Waals surface area contributed by atoms with Crippen molar-refractivity contribution in [3.63, 3.8) is 0 Å². The molecule has 2 aliphatic rings. The Bertz CT molecular complexity index is 827. The van der Waals surface area contributed by atoms with Crippen molar-refractivity contribution in [2.75, 3.05) is 14.2 Å². The van der Waals surface area contributed by atoms with Crippen LogP contribution in [0.4, 0.5) is 0 Å². The van der Waals surface area contributed by atoms with Gasteiger partial charge in [0.25, 0.3) is 0 Å². The molecule has 2 aromatic carbocycles. The van der Waals surface area contributed by atoms with Crippen LogP contribution in [-0.2, 0) is 4.79 Å². The largest absolute Gasteiger partial charge is 0.400 e. The molecule has 0 heterocycles. The van der Waals surface area contributed by atoms with Gasteiger partial charge in [0, 0.05) is 26.2 Å². The van der Waals surface area contributed by atoms with E-state index in [4.69, 9.17) is 10.2 Å². The van der Waals surface area contributed by atoms with E-state index < -0.39 is 0 Å². The molecule has 3 nitrogen and oxygen atoms in total. The number of aliphatic hydroxyl groups excluding tert-OH is 2. The molecule has 0 atom stereocenters. The van der Waals surface area contributed by atoms with Gasteiger partial charge in [-0.15, -0.1) is 0 Å². The molecule has 0 unspecified atom stereocenters. The summed E-state index contributed by atoms with van der Waals surface area (Å²) in [5, 5.41) is 14.0. The Labute approximate surface area is 148 Å². The number of aliphatic hydroxyl groups is 2. The molecule has 128 valence electrons. The Morgan fingerprint density at radius 1 is 0.840 bits per heavy atom. The second kappa shape index (κ2) is 8.92. The molecule has 0 radical (unpaired) electrons. The van der Waals surface area contributed by atoms with Gasteiger partial charge in [-0.3, -0.25) is 4.79 Å². The maximum absolute atomic E-state index is 12.4. The predicted molar refractivity (Wildman–Crippen MR) is 103 cm³/mol. The monoisotopic (exact) mass is 334 g/mol. The van der Waals surface area contributed by atoms with Crippen LogP contribution < -0.4 is 0 Å². The van der Waals surface area contributed by atoms with Crippen LogP contribution in [0.25, 0.3) is 17.2 Å². The highest BCUT2D eigenvalue weighted by atomic mass is 16.2. The van der Waals surface area contributed by atoms with E-state index in [-0.39, 0.29) is 5.78 Å². The molecule has 0 saturated carbocycles. The highest BCUT2D eigenvalue weighted by Gasteiger charge is 2.30. The van der Waals surface area contributed by atoms with E-state index in [1.54, 1.807) is 0 Å². The highest BCUT2D eigenvalue weighted by Crippen LogP contribution is 2.45. The number of hydrogen-bond donors (Lipinski definition) is 2. The molecule has 2 aliphatic carbocycles. The minimum absolute atomic E-state index is 0.214. The van der Waals surface area contributed by atoms with Crippen LogP contribution in [0.2, 0.25) is 0 Å². The molecule has 0 aliphatic heterocycles. The van der Waals surface area contributed by atoms with Gasteiger partial charge in [0.05, 0.1) is 0 Å². The minimum atomic E-state index is 0.214. The highest BCUT2D eigenvalue weighted by molar-refractivity contribution is 6.25. The summed E-state index contributed by atoms with van der Waals surface area (Å²) >= 11 is 0. The van der Waals surface area contributed by atoms with Gasteiger partial charge in [-0.2, -0.15) is 0 Å². The molecule has 4 rings (SSSR count). The average molecular weight is 334 g/mol. The van der Waals surface area contributed by atoms with Crippen molar-refractivity contribution in [3.8, 4) is 0 Å². The van der Waals surface area contributed by atoms with Crippen LogP contribution in [0.5, 0.6) is 0 Å². The molecule has 25 heavy (non-hydrogen) atoms. The Morgan fingerprint density at radius 2 is 1.44 bits per heavy atom. The van der Waals surface area contributed by atoms with E-state index in [1.165, 1.54) is 5.56 Å². The van der Waals surface area contributed by atoms with Gasteiger partial charge in [-0.1, -0.05) is 66.7 Å². The number of carbonyl (C=O) groups is 1. The summed E-state index contributed by atoms with van der Waals surface area (Å²) in [6, 6.07) is 18.4. The Kier molecular flexibility index (Phi) is 6.63. The zero-order valence-electron chi connectivity index (χ0n) is 14.4. The van der Waals surface area contributed by atoms with E-state index >= 15 is 0 Å². The molecular formula is C22H22O3. The van der Waals surface area contributed by atoms with Gasteiger partial charge in [-0.25, -0.2) is 0 Å². The molecule has 0 saturated heterocycles. The number of rotatable bonds is 1. The van der Waals surface area contributed by atoms with Gasteiger partial charge < -0.3 is 10.2 Å². The van der Waals surface area contributed by atoms with Crippen molar-refractivity contribution >= 4 is 23.0 Å². The fourth-order valence-electron chi connectivity index (χ4n) is 3.09. The summed E-state index contributed by atoms with van der Waals surface area (Å²) in [5.74, 6) is 0.214. The average Bonchev–Trinajstić information content (AvgIpc) is 3.01. The fourth-order valence-corrected chi connectivity index (χ4v) is 3.09. The van der Waals surface area contributed by atoms with Crippen LogP contribution in [0.3, 0.4) is 0 Å². The van der Waals surface area contributed by atoms with Crippen LogP contribution in [0.15, 0.2) is 72.3 Å². The SMILES string of the molecule is CO.CO.O=C1CC=CC2=C1C(=Cc1ccccc1)c1ccccc12. The third kappa shape index (κ3) is 3.68. The number of hydrogen-bond acceptors (Lipinski definition) is 3. The molecule has 0 aromatic heterocycles. The van der Waals surface area contributed by atoms with E-state index in [1.807, 2.05) is 36.4 Å². The molecule has 0 spiro atoms. The number of fused-ring (bicyclic) bond motifs is 2. The van der Waals surface area contributed by atoms with Gasteiger partial charge in [-0.05, 0) is 33.9 Å². The Morgan fingerprint density at radius 3 is 2.12 bits per heavy atom. The molecular weight excluding hydrogens is 312 g/mol. The first kappa shape index (κ1) is 18.6. The summed E-state index contributed by atoms with van der Waals surface area (Å²) in [5.41, 5.74) is 6.45. The van der Waals surface area contributed by atoms with Gasteiger partial charge >= 0.3 is 0 Å².